The summed E-state index contributed by atoms with van der Waals surface area (Å²) in [5, 5.41) is 0. The first kappa shape index (κ1) is 10.7. The zero-order valence-corrected chi connectivity index (χ0v) is 11.3. The van der Waals surface area contributed by atoms with Crippen molar-refractivity contribution in [3.8, 4) is 0 Å². The van der Waals surface area contributed by atoms with Gasteiger partial charge in [-0.1, -0.05) is 0 Å². The summed E-state index contributed by atoms with van der Waals surface area (Å²) in [6.45, 7) is 4.42. The number of nitrogen functional groups attached to an aromatic ring is 1. The van der Waals surface area contributed by atoms with Gasteiger partial charge in [0.05, 0.1) is 0 Å². The van der Waals surface area contributed by atoms with E-state index >= 15 is 0 Å². The molecule has 0 aliphatic rings. The van der Waals surface area contributed by atoms with Crippen molar-refractivity contribution in [3.05, 3.63) is 27.6 Å². The van der Waals surface area contributed by atoms with E-state index in [9.17, 15) is 0 Å². The molecule has 3 nitrogen and oxygen atoms in total. The molecule has 0 aliphatic heterocycles. The maximum absolute atomic E-state index is 5.92. The van der Waals surface area contributed by atoms with E-state index in [0.717, 1.165) is 0 Å². The molecule has 4 heteroatoms. The van der Waals surface area contributed by atoms with Crippen molar-refractivity contribution < 1.29 is 21.2 Å². The fraction of sp³-hybridized carbons (Fsp3) is 0.364. The van der Waals surface area contributed by atoms with E-state index in [1.54, 1.807) is 6.20 Å². The predicted octanol–water partition coefficient (Wildman–Crippen LogP) is -1.07. The molecular weight excluding hydrogens is 301 g/mol. The van der Waals surface area contributed by atoms with Crippen LogP contribution < -0.4 is 26.9 Å². The van der Waals surface area contributed by atoms with Gasteiger partial charge in [0, 0.05) is 0 Å². The molecule has 0 aromatic carbocycles. The van der Waals surface area contributed by atoms with Gasteiger partial charge in [0.2, 0.25) is 0 Å². The van der Waals surface area contributed by atoms with E-state index in [4.69, 9.17) is 5.73 Å². The third-order valence-corrected chi connectivity index (χ3v) is 4.41. The Bertz CT molecular complexity index is 488. The van der Waals surface area contributed by atoms with Crippen molar-refractivity contribution in [1.82, 2.24) is 9.38 Å². The standard InChI is InChI=1S/C11H15IN3/c1-7(2)8-6-10(12-3)15-9(8)4-5-14-11(15)13/h4-7H,1-3H3,(H2,13,14)/q-1. The Labute approximate surface area is 100.0 Å². The molecule has 0 bridgehead atoms. The number of hydrogen-bond donors (Lipinski definition) is 1. The molecule has 0 amide bonds. The molecule has 0 saturated heterocycles. The molecule has 2 aromatic heterocycles. The van der Waals surface area contributed by atoms with Crippen molar-refractivity contribution >= 4 is 11.5 Å². The van der Waals surface area contributed by atoms with Crippen LogP contribution in [-0.4, -0.2) is 14.3 Å². The number of rotatable bonds is 2. The van der Waals surface area contributed by atoms with Crippen LogP contribution in [0.5, 0.6) is 0 Å². The first-order chi connectivity index (χ1) is 7.15. The molecule has 0 spiro atoms. The Morgan fingerprint density at radius 2 is 2.20 bits per heavy atom. The summed E-state index contributed by atoms with van der Waals surface area (Å²) in [5.74, 6) is 1.14. The Morgan fingerprint density at radius 3 is 2.80 bits per heavy atom. The van der Waals surface area contributed by atoms with Gasteiger partial charge in [0.1, 0.15) is 0 Å². The molecule has 15 heavy (non-hydrogen) atoms. The van der Waals surface area contributed by atoms with E-state index in [-0.39, 0.29) is 21.2 Å². The maximum atomic E-state index is 5.92. The Hall–Kier alpha value is -0.780. The molecule has 0 saturated carbocycles. The molecule has 2 rings (SSSR count). The number of aromatic nitrogens is 2. The summed E-state index contributed by atoms with van der Waals surface area (Å²) in [6, 6.07) is 4.33. The predicted molar refractivity (Wildman–Crippen MR) is 58.3 cm³/mol. The van der Waals surface area contributed by atoms with Crippen LogP contribution in [0, 0.1) is 3.70 Å². The number of nitrogens with zero attached hydrogens (tertiary/aromatic N) is 2. The number of anilines is 1. The van der Waals surface area contributed by atoms with Crippen LogP contribution in [0.3, 0.4) is 0 Å². The summed E-state index contributed by atoms with van der Waals surface area (Å²) in [5.41, 5.74) is 8.51. The van der Waals surface area contributed by atoms with Gasteiger partial charge < -0.3 is 0 Å². The minimum absolute atomic E-state index is 0.0286. The van der Waals surface area contributed by atoms with Crippen LogP contribution >= 0.6 is 0 Å². The van der Waals surface area contributed by atoms with Crippen molar-refractivity contribution in [2.75, 3.05) is 10.7 Å². The summed E-state index contributed by atoms with van der Waals surface area (Å²) < 4.78 is 3.45. The molecule has 0 atom stereocenters. The van der Waals surface area contributed by atoms with Gasteiger partial charge in [0.25, 0.3) is 0 Å². The van der Waals surface area contributed by atoms with Gasteiger partial charge >= 0.3 is 100 Å². The summed E-state index contributed by atoms with van der Waals surface area (Å²) >= 11 is 0.0286. The number of hydrogen-bond acceptors (Lipinski definition) is 2. The van der Waals surface area contributed by atoms with Crippen molar-refractivity contribution in [2.45, 2.75) is 19.8 Å². The zero-order valence-electron chi connectivity index (χ0n) is 9.16. The van der Waals surface area contributed by atoms with Crippen molar-refractivity contribution in [2.24, 2.45) is 0 Å². The van der Waals surface area contributed by atoms with E-state index in [1.807, 2.05) is 0 Å². The normalized spacial score (nSPS) is 11.7. The molecule has 2 heterocycles. The Balaban J connectivity index is 2.81. The van der Waals surface area contributed by atoms with Crippen LogP contribution in [0.4, 0.5) is 5.95 Å². The summed E-state index contributed by atoms with van der Waals surface area (Å²) in [7, 11) is 0. The second kappa shape index (κ2) is 4.00. The minimum atomic E-state index is 0.0286. The molecular formula is C11H15IN3-. The number of alkyl halides is 1. The molecule has 2 aromatic rings. The molecule has 82 valence electrons. The van der Waals surface area contributed by atoms with Gasteiger partial charge in [-0.2, -0.15) is 0 Å². The average molecular weight is 316 g/mol. The van der Waals surface area contributed by atoms with Crippen LogP contribution in [-0.2, 0) is 0 Å². The SMILES string of the molecule is C[I-]c1cc(C(C)C)c2ccnc(N)n12. The Kier molecular flexibility index (Phi) is 2.86. The van der Waals surface area contributed by atoms with Crippen LogP contribution in [0.1, 0.15) is 25.3 Å². The van der Waals surface area contributed by atoms with E-state index in [2.05, 4.69) is 40.3 Å². The molecule has 0 radical (unpaired) electrons. The summed E-state index contributed by atoms with van der Waals surface area (Å²) in [4.78, 5) is 6.39. The third kappa shape index (κ3) is 1.71. The number of fused-ring (bicyclic) bond motifs is 1. The second-order valence-corrected chi connectivity index (χ2v) is 5.97. The molecule has 0 unspecified atom stereocenters. The average Bonchev–Trinajstić information content (AvgIpc) is 2.58. The Morgan fingerprint density at radius 1 is 1.47 bits per heavy atom. The molecule has 0 aliphatic carbocycles. The van der Waals surface area contributed by atoms with Gasteiger partial charge in [-0.3, -0.25) is 0 Å². The fourth-order valence-corrected chi connectivity index (χ4v) is 3.39. The zero-order chi connectivity index (χ0) is 11.0. The fourth-order valence-electron chi connectivity index (χ4n) is 1.76. The molecule has 2 N–H and O–H groups in total. The first-order valence-corrected chi connectivity index (χ1v) is 8.14. The number of nitrogens with two attached hydrogens (primary N) is 1. The van der Waals surface area contributed by atoms with Gasteiger partial charge in [-0.15, -0.1) is 0 Å². The van der Waals surface area contributed by atoms with Gasteiger partial charge in [-0.25, -0.2) is 0 Å². The van der Waals surface area contributed by atoms with Crippen LogP contribution in [0.25, 0.3) is 5.52 Å². The molecule has 0 fully saturated rings. The first-order valence-electron chi connectivity index (χ1n) is 4.90. The van der Waals surface area contributed by atoms with E-state index in [1.165, 1.54) is 14.8 Å². The third-order valence-electron chi connectivity index (χ3n) is 2.51. The topological polar surface area (TPSA) is 43.3 Å². The van der Waals surface area contributed by atoms with Gasteiger partial charge in [-0.05, 0) is 0 Å². The van der Waals surface area contributed by atoms with Crippen molar-refractivity contribution in [1.29, 1.82) is 0 Å². The second-order valence-electron chi connectivity index (χ2n) is 3.79. The van der Waals surface area contributed by atoms with Gasteiger partial charge in [0.15, 0.2) is 0 Å². The van der Waals surface area contributed by atoms with Crippen LogP contribution in [0.2, 0.25) is 0 Å². The van der Waals surface area contributed by atoms with Crippen LogP contribution in [0.15, 0.2) is 18.3 Å². The monoisotopic (exact) mass is 316 g/mol. The summed E-state index contributed by atoms with van der Waals surface area (Å²) in [6.07, 6.45) is 1.79. The van der Waals surface area contributed by atoms with E-state index in [0.29, 0.717) is 11.9 Å². The number of halogens is 1. The quantitative estimate of drug-likeness (QED) is 0.566. The van der Waals surface area contributed by atoms with Crippen molar-refractivity contribution in [3.63, 3.8) is 0 Å². The van der Waals surface area contributed by atoms with E-state index < -0.39 is 0 Å².